The van der Waals surface area contributed by atoms with Crippen LogP contribution in [-0.2, 0) is 6.42 Å². The fourth-order valence-corrected chi connectivity index (χ4v) is 4.06. The Balaban J connectivity index is 1.70. The third-order valence-corrected chi connectivity index (χ3v) is 5.67. The van der Waals surface area contributed by atoms with Gasteiger partial charge in [-0.05, 0) is 54.8 Å². The van der Waals surface area contributed by atoms with Gasteiger partial charge in [-0.1, -0.05) is 23.7 Å². The molecule has 0 saturated heterocycles. The van der Waals surface area contributed by atoms with Crippen molar-refractivity contribution in [3.05, 3.63) is 110 Å². The number of nitrogens with zero attached hydrogens (tertiary/aromatic N) is 4. The summed E-state index contributed by atoms with van der Waals surface area (Å²) in [5.74, 6) is -4.52. The largest absolute Gasteiger partial charge is 0.394 e. The lowest BCUT2D eigenvalue weighted by atomic mass is 10.0. The van der Waals surface area contributed by atoms with E-state index in [1.54, 1.807) is 6.33 Å². The zero-order valence-corrected chi connectivity index (χ0v) is 19.0. The molecule has 0 bridgehead atoms. The third kappa shape index (κ3) is 4.62. The van der Waals surface area contributed by atoms with Gasteiger partial charge in [0, 0.05) is 23.9 Å². The van der Waals surface area contributed by atoms with Gasteiger partial charge in [0.15, 0.2) is 17.5 Å². The molecule has 0 spiro atoms. The molecule has 176 valence electrons. The number of rotatable bonds is 6. The van der Waals surface area contributed by atoms with Crippen LogP contribution in [0.2, 0.25) is 5.15 Å². The molecule has 34 heavy (non-hydrogen) atoms. The number of aliphatic hydroxyl groups excluding tert-OH is 1. The van der Waals surface area contributed by atoms with Crippen LogP contribution < -0.4 is 5.56 Å². The number of hydrogen-bond acceptors (Lipinski definition) is 4. The highest BCUT2D eigenvalue weighted by Gasteiger charge is 2.22. The standard InChI is InChI=1S/C24H20ClF3N4O2/c1-13-5-15(3-4-20(13)31-10-14(2)29-12-31)6-17-9-22(25)30-32(24(17)34)21(11-33)16-7-18(26)23(28)19(27)8-16/h3-5,7-10,12,21,33H,6,11H2,1-2H3/t21-/m0/s1. The van der Waals surface area contributed by atoms with Crippen LogP contribution in [-0.4, -0.2) is 31.0 Å². The molecule has 0 aliphatic rings. The maximum absolute atomic E-state index is 13.8. The Kier molecular flexibility index (Phi) is 6.58. The molecule has 0 saturated carbocycles. The Morgan fingerprint density at radius 2 is 1.79 bits per heavy atom. The Labute approximate surface area is 197 Å². The average Bonchev–Trinajstić information content (AvgIpc) is 3.21. The molecule has 2 aromatic heterocycles. The minimum atomic E-state index is -1.64. The molecule has 1 N–H and O–H groups in total. The van der Waals surface area contributed by atoms with E-state index in [1.807, 2.05) is 42.8 Å². The summed E-state index contributed by atoms with van der Waals surface area (Å²) in [4.78, 5) is 17.4. The Hall–Kier alpha value is -3.43. The molecule has 6 nitrogen and oxygen atoms in total. The predicted molar refractivity (Wildman–Crippen MR) is 121 cm³/mol. The number of benzene rings is 2. The number of aromatic nitrogens is 4. The molecular formula is C24H20ClF3N4O2. The van der Waals surface area contributed by atoms with E-state index < -0.39 is 35.7 Å². The van der Waals surface area contributed by atoms with Gasteiger partial charge >= 0.3 is 0 Å². The van der Waals surface area contributed by atoms with Gasteiger partial charge in [-0.3, -0.25) is 4.79 Å². The molecule has 0 aliphatic heterocycles. The fraction of sp³-hybridized carbons (Fsp3) is 0.208. The number of aryl methyl sites for hydroxylation is 2. The first-order valence-electron chi connectivity index (χ1n) is 10.3. The molecular weight excluding hydrogens is 469 g/mol. The monoisotopic (exact) mass is 488 g/mol. The molecule has 10 heteroatoms. The van der Waals surface area contributed by atoms with Crippen molar-refractivity contribution in [2.75, 3.05) is 6.61 Å². The van der Waals surface area contributed by atoms with Gasteiger partial charge in [0.2, 0.25) is 0 Å². The molecule has 0 fully saturated rings. The van der Waals surface area contributed by atoms with Crippen LogP contribution in [0.4, 0.5) is 13.2 Å². The number of imidazole rings is 1. The highest BCUT2D eigenvalue weighted by Crippen LogP contribution is 2.23. The van der Waals surface area contributed by atoms with Gasteiger partial charge in [-0.25, -0.2) is 22.8 Å². The smallest absolute Gasteiger partial charge is 0.271 e. The van der Waals surface area contributed by atoms with Crippen molar-refractivity contribution in [3.8, 4) is 5.69 Å². The Morgan fingerprint density at radius 1 is 1.09 bits per heavy atom. The fourth-order valence-electron chi connectivity index (χ4n) is 3.85. The zero-order valence-electron chi connectivity index (χ0n) is 18.3. The molecule has 0 radical (unpaired) electrons. The summed E-state index contributed by atoms with van der Waals surface area (Å²) >= 11 is 6.13. The predicted octanol–water partition coefficient (Wildman–Crippen LogP) is 4.29. The zero-order chi connectivity index (χ0) is 24.6. The van der Waals surface area contributed by atoms with Gasteiger partial charge in [0.25, 0.3) is 5.56 Å². The van der Waals surface area contributed by atoms with E-state index in [4.69, 9.17) is 11.6 Å². The van der Waals surface area contributed by atoms with E-state index in [-0.39, 0.29) is 22.7 Å². The van der Waals surface area contributed by atoms with Crippen LogP contribution in [0.15, 0.2) is 53.7 Å². The van der Waals surface area contributed by atoms with Crippen molar-refractivity contribution in [3.63, 3.8) is 0 Å². The topological polar surface area (TPSA) is 72.9 Å². The van der Waals surface area contributed by atoms with Gasteiger partial charge in [-0.2, -0.15) is 5.10 Å². The van der Waals surface area contributed by atoms with Crippen molar-refractivity contribution >= 4 is 11.6 Å². The van der Waals surface area contributed by atoms with Crippen molar-refractivity contribution in [2.45, 2.75) is 26.3 Å². The third-order valence-electron chi connectivity index (χ3n) is 5.48. The summed E-state index contributed by atoms with van der Waals surface area (Å²) in [5.41, 5.74) is 3.12. The quantitative estimate of drug-likeness (QED) is 0.411. The Morgan fingerprint density at radius 3 is 2.38 bits per heavy atom. The summed E-state index contributed by atoms with van der Waals surface area (Å²) in [6, 6.07) is 7.28. The summed E-state index contributed by atoms with van der Waals surface area (Å²) in [6.45, 7) is 3.12. The normalized spacial score (nSPS) is 12.2. The maximum Gasteiger partial charge on any atom is 0.271 e. The van der Waals surface area contributed by atoms with Crippen LogP contribution in [0.25, 0.3) is 5.69 Å². The van der Waals surface area contributed by atoms with Crippen molar-refractivity contribution in [1.29, 1.82) is 0 Å². The van der Waals surface area contributed by atoms with E-state index in [0.29, 0.717) is 12.1 Å². The first-order chi connectivity index (χ1) is 16.2. The lowest BCUT2D eigenvalue weighted by Crippen LogP contribution is -2.32. The minimum Gasteiger partial charge on any atom is -0.394 e. The highest BCUT2D eigenvalue weighted by molar-refractivity contribution is 6.29. The van der Waals surface area contributed by atoms with Gasteiger partial charge in [0.1, 0.15) is 11.2 Å². The maximum atomic E-state index is 13.8. The van der Waals surface area contributed by atoms with E-state index in [1.165, 1.54) is 6.07 Å². The lowest BCUT2D eigenvalue weighted by molar-refractivity contribution is 0.235. The second kappa shape index (κ2) is 9.44. The van der Waals surface area contributed by atoms with E-state index in [9.17, 15) is 23.1 Å². The molecule has 0 aliphatic carbocycles. The minimum absolute atomic E-state index is 0.0432. The first-order valence-corrected chi connectivity index (χ1v) is 10.7. The SMILES string of the molecule is Cc1cn(-c2ccc(Cc3cc(Cl)nn([C@@H](CO)c4cc(F)c(F)c(F)c4)c3=O)cc2C)cn1. The summed E-state index contributed by atoms with van der Waals surface area (Å²) < 4.78 is 43.7. The van der Waals surface area contributed by atoms with E-state index in [0.717, 1.165) is 27.2 Å². The molecule has 0 amide bonds. The van der Waals surface area contributed by atoms with Gasteiger partial charge in [-0.15, -0.1) is 0 Å². The molecule has 2 aromatic carbocycles. The number of halogens is 4. The lowest BCUT2D eigenvalue weighted by Gasteiger charge is -2.18. The second-order valence-corrected chi connectivity index (χ2v) is 8.35. The van der Waals surface area contributed by atoms with Gasteiger partial charge < -0.3 is 9.67 Å². The molecule has 2 heterocycles. The molecule has 1 atom stereocenters. The van der Waals surface area contributed by atoms with E-state index >= 15 is 0 Å². The van der Waals surface area contributed by atoms with Crippen LogP contribution in [0.3, 0.4) is 0 Å². The molecule has 4 aromatic rings. The molecule has 4 rings (SSSR count). The van der Waals surface area contributed by atoms with Crippen molar-refractivity contribution in [1.82, 2.24) is 19.3 Å². The van der Waals surface area contributed by atoms with Crippen LogP contribution in [0.1, 0.15) is 34.0 Å². The Bertz CT molecular complexity index is 1410. The first kappa shape index (κ1) is 23.7. The average molecular weight is 489 g/mol. The summed E-state index contributed by atoms with van der Waals surface area (Å²) in [7, 11) is 0. The van der Waals surface area contributed by atoms with E-state index in [2.05, 4.69) is 10.1 Å². The summed E-state index contributed by atoms with van der Waals surface area (Å²) in [5, 5.41) is 13.8. The number of aliphatic hydroxyl groups is 1. The second-order valence-electron chi connectivity index (χ2n) is 7.96. The van der Waals surface area contributed by atoms with Crippen molar-refractivity contribution < 1.29 is 18.3 Å². The summed E-state index contributed by atoms with van der Waals surface area (Å²) in [6.07, 6.45) is 3.82. The van der Waals surface area contributed by atoms with Crippen LogP contribution in [0.5, 0.6) is 0 Å². The number of hydrogen-bond donors (Lipinski definition) is 1. The van der Waals surface area contributed by atoms with Gasteiger partial charge in [0.05, 0.1) is 18.6 Å². The molecule has 0 unspecified atom stereocenters. The van der Waals surface area contributed by atoms with Crippen LogP contribution in [0, 0.1) is 31.3 Å². The van der Waals surface area contributed by atoms with Crippen molar-refractivity contribution in [2.24, 2.45) is 0 Å². The highest BCUT2D eigenvalue weighted by atomic mass is 35.5. The van der Waals surface area contributed by atoms with Crippen LogP contribution >= 0.6 is 11.6 Å².